The fourth-order valence-electron chi connectivity index (χ4n) is 2.44. The van der Waals surface area contributed by atoms with E-state index in [4.69, 9.17) is 11.6 Å². The van der Waals surface area contributed by atoms with Gasteiger partial charge in [-0.05, 0) is 42.2 Å². The molecule has 1 amide bonds. The SMILES string of the molecule is O=C(Nc1ncccc1Cl)[C@@H]1C[C@H]1c1ccc(OC(F)F)cc1. The molecule has 0 radical (unpaired) electrons. The van der Waals surface area contributed by atoms with Gasteiger partial charge in [0.15, 0.2) is 5.82 Å². The number of alkyl halides is 2. The minimum absolute atomic E-state index is 0.0677. The molecule has 0 unspecified atom stereocenters. The average Bonchev–Trinajstić information content (AvgIpc) is 3.30. The van der Waals surface area contributed by atoms with Crippen LogP contribution in [0.25, 0.3) is 0 Å². The number of benzene rings is 1. The summed E-state index contributed by atoms with van der Waals surface area (Å²) in [6.45, 7) is -2.84. The molecular weight excluding hydrogens is 326 g/mol. The molecule has 3 rings (SSSR count). The van der Waals surface area contributed by atoms with Crippen molar-refractivity contribution >= 4 is 23.3 Å². The number of carbonyl (C=O) groups is 1. The quantitative estimate of drug-likeness (QED) is 0.893. The van der Waals surface area contributed by atoms with E-state index in [1.807, 2.05) is 0 Å². The highest BCUT2D eigenvalue weighted by Gasteiger charge is 2.44. The minimum Gasteiger partial charge on any atom is -0.435 e. The molecule has 7 heteroatoms. The predicted octanol–water partition coefficient (Wildman–Crippen LogP) is 4.08. The number of nitrogens with zero attached hydrogens (tertiary/aromatic N) is 1. The van der Waals surface area contributed by atoms with Crippen molar-refractivity contribution in [3.8, 4) is 5.75 Å². The lowest BCUT2D eigenvalue weighted by atomic mass is 10.1. The van der Waals surface area contributed by atoms with Crippen molar-refractivity contribution in [3.05, 3.63) is 53.2 Å². The molecule has 0 aliphatic heterocycles. The van der Waals surface area contributed by atoms with Crippen LogP contribution < -0.4 is 10.1 Å². The molecule has 1 aromatic carbocycles. The molecule has 0 spiro atoms. The molecule has 1 aliphatic rings. The van der Waals surface area contributed by atoms with Crippen LogP contribution in [0.1, 0.15) is 17.9 Å². The fourth-order valence-corrected chi connectivity index (χ4v) is 2.61. The lowest BCUT2D eigenvalue weighted by Gasteiger charge is -2.07. The Morgan fingerprint density at radius 2 is 2.04 bits per heavy atom. The smallest absolute Gasteiger partial charge is 0.387 e. The van der Waals surface area contributed by atoms with Gasteiger partial charge in [-0.1, -0.05) is 23.7 Å². The Morgan fingerprint density at radius 1 is 1.30 bits per heavy atom. The number of nitrogens with one attached hydrogen (secondary N) is 1. The lowest BCUT2D eigenvalue weighted by Crippen LogP contribution is -2.15. The summed E-state index contributed by atoms with van der Waals surface area (Å²) in [6, 6.07) is 9.68. The van der Waals surface area contributed by atoms with Gasteiger partial charge in [0, 0.05) is 12.1 Å². The Balaban J connectivity index is 1.60. The second kappa shape index (κ2) is 6.50. The van der Waals surface area contributed by atoms with Gasteiger partial charge in [-0.2, -0.15) is 8.78 Å². The van der Waals surface area contributed by atoms with E-state index in [0.29, 0.717) is 17.3 Å². The maximum Gasteiger partial charge on any atom is 0.387 e. The summed E-state index contributed by atoms with van der Waals surface area (Å²) in [5, 5.41) is 3.08. The van der Waals surface area contributed by atoms with Crippen LogP contribution in [0.2, 0.25) is 5.02 Å². The normalized spacial score (nSPS) is 19.5. The Kier molecular flexibility index (Phi) is 4.43. The van der Waals surface area contributed by atoms with Gasteiger partial charge < -0.3 is 10.1 Å². The summed E-state index contributed by atoms with van der Waals surface area (Å²) in [6.07, 6.45) is 2.25. The molecule has 2 aromatic rings. The van der Waals surface area contributed by atoms with E-state index >= 15 is 0 Å². The molecule has 1 fully saturated rings. The van der Waals surface area contributed by atoms with Crippen LogP contribution in [-0.2, 0) is 4.79 Å². The van der Waals surface area contributed by atoms with Crippen LogP contribution in [0.5, 0.6) is 5.75 Å². The fraction of sp³-hybridized carbons (Fsp3) is 0.250. The van der Waals surface area contributed by atoms with Gasteiger partial charge in [-0.15, -0.1) is 0 Å². The largest absolute Gasteiger partial charge is 0.435 e. The summed E-state index contributed by atoms with van der Waals surface area (Å²) in [5.74, 6) is 0.188. The molecule has 4 nitrogen and oxygen atoms in total. The van der Waals surface area contributed by atoms with Crippen LogP contribution >= 0.6 is 11.6 Å². The average molecular weight is 339 g/mol. The third-order valence-corrected chi connectivity index (χ3v) is 3.97. The number of halogens is 3. The van der Waals surface area contributed by atoms with Crippen molar-refractivity contribution < 1.29 is 18.3 Å². The van der Waals surface area contributed by atoms with Crippen LogP contribution in [-0.4, -0.2) is 17.5 Å². The van der Waals surface area contributed by atoms with Gasteiger partial charge in [0.2, 0.25) is 5.91 Å². The summed E-state index contributed by atoms with van der Waals surface area (Å²) < 4.78 is 28.5. The standard InChI is InChI=1S/C16H13ClF2N2O2/c17-13-2-1-7-20-14(13)21-15(22)12-8-11(12)9-3-5-10(6-4-9)23-16(18)19/h1-7,11-12,16H,8H2,(H,20,21,22)/t11-,12+/m0/s1. The molecule has 2 atom stereocenters. The van der Waals surface area contributed by atoms with E-state index in [1.165, 1.54) is 12.1 Å². The van der Waals surface area contributed by atoms with E-state index in [9.17, 15) is 13.6 Å². The number of anilines is 1. The highest BCUT2D eigenvalue weighted by atomic mass is 35.5. The molecule has 120 valence electrons. The van der Waals surface area contributed by atoms with Crippen molar-refractivity contribution in [3.63, 3.8) is 0 Å². The first-order valence-corrected chi connectivity index (χ1v) is 7.38. The van der Waals surface area contributed by atoms with Crippen molar-refractivity contribution in [1.29, 1.82) is 0 Å². The zero-order chi connectivity index (χ0) is 16.4. The lowest BCUT2D eigenvalue weighted by molar-refractivity contribution is -0.117. The summed E-state index contributed by atoms with van der Waals surface area (Å²) in [7, 11) is 0. The third kappa shape index (κ3) is 3.76. The predicted molar refractivity (Wildman–Crippen MR) is 81.8 cm³/mol. The van der Waals surface area contributed by atoms with Crippen molar-refractivity contribution in [2.75, 3.05) is 5.32 Å². The first-order chi connectivity index (χ1) is 11.0. The molecule has 1 N–H and O–H groups in total. The van der Waals surface area contributed by atoms with Gasteiger partial charge in [-0.25, -0.2) is 4.98 Å². The summed E-state index contributed by atoms with van der Waals surface area (Å²) in [4.78, 5) is 16.2. The second-order valence-corrected chi connectivity index (χ2v) is 5.63. The number of rotatable bonds is 5. The maximum atomic E-state index is 12.2. The zero-order valence-electron chi connectivity index (χ0n) is 11.9. The number of hydrogen-bond donors (Lipinski definition) is 1. The Hall–Kier alpha value is -2.21. The van der Waals surface area contributed by atoms with E-state index in [-0.39, 0.29) is 23.5 Å². The minimum atomic E-state index is -2.84. The highest BCUT2D eigenvalue weighted by Crippen LogP contribution is 2.48. The second-order valence-electron chi connectivity index (χ2n) is 5.22. The van der Waals surface area contributed by atoms with Gasteiger partial charge in [-0.3, -0.25) is 4.79 Å². The Labute approximate surface area is 136 Å². The number of ether oxygens (including phenoxy) is 1. The number of carbonyl (C=O) groups excluding carboxylic acids is 1. The topological polar surface area (TPSA) is 51.2 Å². The van der Waals surface area contributed by atoms with Crippen molar-refractivity contribution in [1.82, 2.24) is 4.98 Å². The summed E-state index contributed by atoms with van der Waals surface area (Å²) in [5.41, 5.74) is 0.916. The zero-order valence-corrected chi connectivity index (χ0v) is 12.6. The summed E-state index contributed by atoms with van der Waals surface area (Å²) >= 11 is 5.95. The van der Waals surface area contributed by atoms with Crippen LogP contribution in [0.15, 0.2) is 42.6 Å². The first-order valence-electron chi connectivity index (χ1n) is 7.01. The number of aromatic nitrogens is 1. The molecule has 1 heterocycles. The molecule has 1 aliphatic carbocycles. The Bertz CT molecular complexity index is 709. The monoisotopic (exact) mass is 338 g/mol. The third-order valence-electron chi connectivity index (χ3n) is 3.66. The molecular formula is C16H13ClF2N2O2. The van der Waals surface area contributed by atoms with Crippen molar-refractivity contribution in [2.24, 2.45) is 5.92 Å². The van der Waals surface area contributed by atoms with Gasteiger partial charge >= 0.3 is 6.61 Å². The van der Waals surface area contributed by atoms with Crippen LogP contribution in [0, 0.1) is 5.92 Å². The van der Waals surface area contributed by atoms with Crippen LogP contribution in [0.4, 0.5) is 14.6 Å². The molecule has 23 heavy (non-hydrogen) atoms. The van der Waals surface area contributed by atoms with E-state index in [2.05, 4.69) is 15.0 Å². The van der Waals surface area contributed by atoms with E-state index in [0.717, 1.165) is 5.56 Å². The van der Waals surface area contributed by atoms with Gasteiger partial charge in [0.25, 0.3) is 0 Å². The van der Waals surface area contributed by atoms with Crippen LogP contribution in [0.3, 0.4) is 0 Å². The molecule has 1 aromatic heterocycles. The van der Waals surface area contributed by atoms with E-state index < -0.39 is 6.61 Å². The van der Waals surface area contributed by atoms with Crippen molar-refractivity contribution in [2.45, 2.75) is 19.0 Å². The van der Waals surface area contributed by atoms with Gasteiger partial charge in [0.1, 0.15) is 5.75 Å². The number of pyridine rings is 1. The Morgan fingerprint density at radius 3 is 2.70 bits per heavy atom. The number of amides is 1. The number of hydrogen-bond acceptors (Lipinski definition) is 3. The van der Waals surface area contributed by atoms with E-state index in [1.54, 1.807) is 30.5 Å². The first kappa shape index (κ1) is 15.7. The molecule has 0 saturated heterocycles. The van der Waals surface area contributed by atoms with Gasteiger partial charge in [0.05, 0.1) is 5.02 Å². The highest BCUT2D eigenvalue weighted by molar-refractivity contribution is 6.33. The maximum absolute atomic E-state index is 12.2. The molecule has 1 saturated carbocycles. The molecule has 0 bridgehead atoms.